The van der Waals surface area contributed by atoms with Gasteiger partial charge in [-0.1, -0.05) is 69.3 Å². The summed E-state index contributed by atoms with van der Waals surface area (Å²) in [5.41, 5.74) is 4.38. The molecular weight excluding hydrogens is 482 g/mol. The molecule has 4 nitrogen and oxygen atoms in total. The minimum Gasteiger partial charge on any atom is -0.497 e. The summed E-state index contributed by atoms with van der Waals surface area (Å²) in [5.74, 6) is 1.72. The number of hydrogen-bond donors (Lipinski definition) is 0. The Morgan fingerprint density at radius 3 is 2.06 bits per heavy atom. The molecule has 0 aliphatic rings. The van der Waals surface area contributed by atoms with Crippen LogP contribution in [0.1, 0.15) is 31.9 Å². The third kappa shape index (κ3) is 6.43. The van der Waals surface area contributed by atoms with Crippen molar-refractivity contribution < 1.29 is 13.9 Å². The number of benzene rings is 3. The van der Waals surface area contributed by atoms with E-state index in [9.17, 15) is 0 Å². The number of thiazole rings is 1. The topological polar surface area (TPSA) is 40.6 Å². The van der Waals surface area contributed by atoms with Crippen LogP contribution < -0.4 is 9.47 Å². The second-order valence-corrected chi connectivity index (χ2v) is 16.2. The first-order valence-corrected chi connectivity index (χ1v) is 16.0. The van der Waals surface area contributed by atoms with Crippen molar-refractivity contribution in [2.24, 2.45) is 0 Å². The highest BCUT2D eigenvalue weighted by atomic mass is 32.1. The van der Waals surface area contributed by atoms with Crippen LogP contribution in [0.5, 0.6) is 11.5 Å². The van der Waals surface area contributed by atoms with Gasteiger partial charge in [-0.3, -0.25) is 0 Å². The molecule has 0 aliphatic carbocycles. The normalized spacial score (nSPS) is 12.4. The highest BCUT2D eigenvalue weighted by Gasteiger charge is 2.36. The zero-order chi connectivity index (χ0) is 25.8. The predicted octanol–water partition coefficient (Wildman–Crippen LogP) is 8.54. The van der Waals surface area contributed by atoms with Crippen molar-refractivity contribution in [2.75, 3.05) is 20.3 Å². The first-order valence-electron chi connectivity index (χ1n) is 12.2. The molecule has 0 fully saturated rings. The number of nitrogens with zero attached hydrogens (tertiary/aromatic N) is 1. The fourth-order valence-corrected chi connectivity index (χ4v) is 5.46. The van der Waals surface area contributed by atoms with Gasteiger partial charge in [0.1, 0.15) is 23.1 Å². The Morgan fingerprint density at radius 2 is 1.44 bits per heavy atom. The lowest BCUT2D eigenvalue weighted by Gasteiger charge is -2.36. The maximum absolute atomic E-state index is 6.18. The van der Waals surface area contributed by atoms with Crippen LogP contribution in [0.4, 0.5) is 0 Å². The Kier molecular flexibility index (Phi) is 7.98. The van der Waals surface area contributed by atoms with Crippen LogP contribution in [0.3, 0.4) is 0 Å². The molecule has 4 aromatic rings. The number of methoxy groups -OCH3 is 1. The fourth-order valence-electron chi connectivity index (χ4n) is 3.43. The molecule has 0 N–H and O–H groups in total. The third-order valence-corrected chi connectivity index (χ3v) is 12.3. The van der Waals surface area contributed by atoms with E-state index in [2.05, 4.69) is 82.4 Å². The lowest BCUT2D eigenvalue weighted by atomic mass is 10.1. The van der Waals surface area contributed by atoms with Gasteiger partial charge in [-0.25, -0.2) is 4.98 Å². The largest absolute Gasteiger partial charge is 0.497 e. The van der Waals surface area contributed by atoms with Gasteiger partial charge in [-0.2, -0.15) is 0 Å². The zero-order valence-electron chi connectivity index (χ0n) is 22.0. The van der Waals surface area contributed by atoms with Gasteiger partial charge in [-0.05, 0) is 59.6 Å². The van der Waals surface area contributed by atoms with E-state index < -0.39 is 8.32 Å². The molecule has 1 heterocycles. The van der Waals surface area contributed by atoms with E-state index in [0.29, 0.717) is 13.2 Å². The van der Waals surface area contributed by atoms with Crippen LogP contribution in [-0.4, -0.2) is 33.6 Å². The van der Waals surface area contributed by atoms with Gasteiger partial charge in [-0.15, -0.1) is 11.3 Å². The van der Waals surface area contributed by atoms with Crippen molar-refractivity contribution in [2.45, 2.75) is 38.9 Å². The number of fused-ring (bicyclic) bond motifs is 1. The summed E-state index contributed by atoms with van der Waals surface area (Å²) in [6, 6.07) is 22.6. The molecule has 3 aromatic carbocycles. The second kappa shape index (κ2) is 11.0. The Hall–Kier alpha value is -2.93. The molecule has 0 aliphatic heterocycles. The monoisotopic (exact) mass is 517 g/mol. The molecule has 0 atom stereocenters. The molecule has 0 saturated heterocycles. The average Bonchev–Trinajstić information content (AvgIpc) is 3.29. The highest BCUT2D eigenvalue weighted by molar-refractivity contribution is 7.21. The van der Waals surface area contributed by atoms with Crippen molar-refractivity contribution in [1.82, 2.24) is 4.98 Å². The fraction of sp³-hybridized carbons (Fsp3) is 0.300. The second-order valence-electron chi connectivity index (χ2n) is 10.3. The first-order chi connectivity index (χ1) is 17.1. The number of hydrogen-bond acceptors (Lipinski definition) is 5. The SMILES string of the molecule is COc1ccc2nc(-c3ccc(/C=C/c4ccc(OCCO[Si](C)(C)C(C)(C)C)cc4)cc3)sc2c1. The molecule has 0 radical (unpaired) electrons. The van der Waals surface area contributed by atoms with E-state index >= 15 is 0 Å². The highest BCUT2D eigenvalue weighted by Crippen LogP contribution is 2.36. The van der Waals surface area contributed by atoms with Crippen LogP contribution >= 0.6 is 11.3 Å². The minimum absolute atomic E-state index is 0.214. The van der Waals surface area contributed by atoms with Crippen molar-refractivity contribution in [3.63, 3.8) is 0 Å². The van der Waals surface area contributed by atoms with E-state index in [1.54, 1.807) is 18.4 Å². The van der Waals surface area contributed by atoms with Crippen LogP contribution in [-0.2, 0) is 4.43 Å². The van der Waals surface area contributed by atoms with Gasteiger partial charge in [0, 0.05) is 5.56 Å². The molecule has 0 unspecified atom stereocenters. The van der Waals surface area contributed by atoms with E-state index in [0.717, 1.165) is 43.4 Å². The van der Waals surface area contributed by atoms with Crippen molar-refractivity contribution >= 4 is 42.0 Å². The van der Waals surface area contributed by atoms with Crippen molar-refractivity contribution in [3.05, 3.63) is 77.9 Å². The average molecular weight is 518 g/mol. The van der Waals surface area contributed by atoms with Gasteiger partial charge < -0.3 is 13.9 Å². The summed E-state index contributed by atoms with van der Waals surface area (Å²) >= 11 is 1.68. The van der Waals surface area contributed by atoms with Gasteiger partial charge in [0.05, 0.1) is 23.9 Å². The smallest absolute Gasteiger partial charge is 0.192 e. The molecule has 36 heavy (non-hydrogen) atoms. The van der Waals surface area contributed by atoms with Crippen LogP contribution in [0.15, 0.2) is 66.7 Å². The Labute approximate surface area is 219 Å². The minimum atomic E-state index is -1.73. The third-order valence-electron chi connectivity index (χ3n) is 6.72. The van der Waals surface area contributed by atoms with Gasteiger partial charge >= 0.3 is 0 Å². The van der Waals surface area contributed by atoms with E-state index in [-0.39, 0.29) is 5.04 Å². The zero-order valence-corrected chi connectivity index (χ0v) is 23.8. The summed E-state index contributed by atoms with van der Waals surface area (Å²) in [6.07, 6.45) is 4.24. The molecule has 4 rings (SSSR count). The van der Waals surface area contributed by atoms with Gasteiger partial charge in [0.2, 0.25) is 0 Å². The summed E-state index contributed by atoms with van der Waals surface area (Å²) in [5, 5.41) is 1.23. The molecule has 0 amide bonds. The van der Waals surface area contributed by atoms with Crippen LogP contribution in [0, 0.1) is 0 Å². The quantitative estimate of drug-likeness (QED) is 0.127. The first kappa shape index (κ1) is 26.1. The summed E-state index contributed by atoms with van der Waals surface area (Å²) in [7, 11) is -0.0412. The van der Waals surface area contributed by atoms with Crippen LogP contribution in [0.2, 0.25) is 18.1 Å². The summed E-state index contributed by atoms with van der Waals surface area (Å²) in [4.78, 5) is 4.77. The van der Waals surface area contributed by atoms with Crippen molar-refractivity contribution in [1.29, 1.82) is 0 Å². The Morgan fingerprint density at radius 1 is 0.833 bits per heavy atom. The standard InChI is InChI=1S/C30H35NO3SSi/c1-30(2,3)36(5,6)34-20-19-33-25-15-11-23(12-16-25)8-7-22-9-13-24(14-10-22)29-31-27-18-17-26(32-4)21-28(27)35-29/h7-18,21H,19-20H2,1-6H3/b8-7+. The van der Waals surface area contributed by atoms with Gasteiger partial charge in [0.25, 0.3) is 0 Å². The van der Waals surface area contributed by atoms with E-state index in [4.69, 9.17) is 18.9 Å². The maximum Gasteiger partial charge on any atom is 0.192 e. The number of aromatic nitrogens is 1. The molecule has 0 spiro atoms. The van der Waals surface area contributed by atoms with Crippen LogP contribution in [0.25, 0.3) is 32.9 Å². The Bertz CT molecular complexity index is 1320. The predicted molar refractivity (Wildman–Crippen MR) is 156 cm³/mol. The number of ether oxygens (including phenoxy) is 2. The lowest BCUT2D eigenvalue weighted by Crippen LogP contribution is -2.41. The molecule has 0 bridgehead atoms. The van der Waals surface area contributed by atoms with Gasteiger partial charge in [0.15, 0.2) is 8.32 Å². The molecule has 0 saturated carbocycles. The van der Waals surface area contributed by atoms with Crippen molar-refractivity contribution in [3.8, 4) is 22.1 Å². The Balaban J connectivity index is 1.31. The molecule has 188 valence electrons. The number of rotatable bonds is 9. The summed E-state index contributed by atoms with van der Waals surface area (Å²) in [6.45, 7) is 12.5. The van der Waals surface area contributed by atoms with E-state index in [1.165, 1.54) is 0 Å². The lowest BCUT2D eigenvalue weighted by molar-refractivity contribution is 0.203. The molecular formula is C30H35NO3SSi. The maximum atomic E-state index is 6.18. The summed E-state index contributed by atoms with van der Waals surface area (Å²) < 4.78 is 18.5. The molecule has 6 heteroatoms. The van der Waals surface area contributed by atoms with E-state index in [1.807, 2.05) is 30.3 Å². The molecule has 1 aromatic heterocycles.